The van der Waals surface area contributed by atoms with Gasteiger partial charge in [-0.25, -0.2) is 9.97 Å². The summed E-state index contributed by atoms with van der Waals surface area (Å²) in [6.45, 7) is 4.90. The van der Waals surface area contributed by atoms with E-state index in [9.17, 15) is 9.59 Å². The van der Waals surface area contributed by atoms with Crippen LogP contribution in [-0.2, 0) is 16.0 Å². The molecule has 0 aliphatic carbocycles. The molecule has 23 heavy (non-hydrogen) atoms. The predicted octanol–water partition coefficient (Wildman–Crippen LogP) is 3.03. The number of hydrogen-bond donors (Lipinski definition) is 1. The summed E-state index contributed by atoms with van der Waals surface area (Å²) in [6.07, 6.45) is 3.44. The Balaban J connectivity index is 1.59. The molecule has 8 heteroatoms. The lowest BCUT2D eigenvalue weighted by Crippen LogP contribution is -2.23. The van der Waals surface area contributed by atoms with E-state index in [2.05, 4.69) is 29.1 Å². The summed E-state index contributed by atoms with van der Waals surface area (Å²) in [5.41, 5.74) is 0.683. The van der Waals surface area contributed by atoms with E-state index in [0.717, 1.165) is 17.8 Å². The lowest BCUT2D eigenvalue weighted by atomic mass is 10.2. The molecule has 0 unspecified atom stereocenters. The van der Waals surface area contributed by atoms with Gasteiger partial charge >= 0.3 is 0 Å². The number of thiazole rings is 2. The number of aromatic nitrogens is 2. The zero-order chi connectivity index (χ0) is 16.4. The third-order valence-corrected chi connectivity index (χ3v) is 5.65. The van der Waals surface area contributed by atoms with Crippen molar-refractivity contribution in [1.82, 2.24) is 9.97 Å². The molecule has 0 aromatic carbocycles. The zero-order valence-electron chi connectivity index (χ0n) is 13.0. The quantitative estimate of drug-likeness (QED) is 0.899. The highest BCUT2D eigenvalue weighted by molar-refractivity contribution is 7.15. The minimum Gasteiger partial charge on any atom is -0.302 e. The smallest absolute Gasteiger partial charge is 0.232 e. The molecule has 0 bridgehead atoms. The molecule has 2 aromatic heterocycles. The highest BCUT2D eigenvalue weighted by Crippen LogP contribution is 2.27. The van der Waals surface area contributed by atoms with Crippen molar-refractivity contribution in [3.05, 3.63) is 22.1 Å². The van der Waals surface area contributed by atoms with Crippen molar-refractivity contribution in [2.24, 2.45) is 0 Å². The topological polar surface area (TPSA) is 75.2 Å². The second kappa shape index (κ2) is 6.76. The van der Waals surface area contributed by atoms with Crippen LogP contribution in [0, 0.1) is 0 Å². The Bertz CT molecular complexity index is 723. The van der Waals surface area contributed by atoms with Crippen LogP contribution in [-0.4, -0.2) is 28.3 Å². The number of hydrogen-bond acceptors (Lipinski definition) is 6. The highest BCUT2D eigenvalue weighted by atomic mass is 32.1. The van der Waals surface area contributed by atoms with Crippen molar-refractivity contribution in [1.29, 1.82) is 0 Å². The molecule has 1 aliphatic heterocycles. The number of carbonyl (C=O) groups excluding carboxylic acids is 2. The van der Waals surface area contributed by atoms with Gasteiger partial charge in [-0.05, 0) is 12.3 Å². The summed E-state index contributed by atoms with van der Waals surface area (Å²) >= 11 is 2.90. The average Bonchev–Trinajstić information content (AvgIpc) is 3.19. The van der Waals surface area contributed by atoms with Crippen LogP contribution in [0.1, 0.15) is 43.2 Å². The van der Waals surface area contributed by atoms with Gasteiger partial charge in [0.05, 0.1) is 12.1 Å². The SMILES string of the molecule is CC(C)c1cnc(NC(=O)Cc2csc(N3CCCC3=O)n2)s1. The van der Waals surface area contributed by atoms with Crippen LogP contribution in [0.4, 0.5) is 10.3 Å². The van der Waals surface area contributed by atoms with Gasteiger partial charge in [-0.1, -0.05) is 13.8 Å². The van der Waals surface area contributed by atoms with Crippen molar-refractivity contribution in [2.75, 3.05) is 16.8 Å². The normalized spacial score (nSPS) is 14.7. The Morgan fingerprint density at radius 2 is 2.30 bits per heavy atom. The predicted molar refractivity (Wildman–Crippen MR) is 92.2 cm³/mol. The number of nitrogens with one attached hydrogen (secondary N) is 1. The maximum Gasteiger partial charge on any atom is 0.232 e. The Morgan fingerprint density at radius 3 is 2.96 bits per heavy atom. The summed E-state index contributed by atoms with van der Waals surface area (Å²) in [7, 11) is 0. The van der Waals surface area contributed by atoms with Gasteiger partial charge in [-0.15, -0.1) is 22.7 Å². The van der Waals surface area contributed by atoms with E-state index in [1.54, 1.807) is 11.1 Å². The Morgan fingerprint density at radius 1 is 1.48 bits per heavy atom. The monoisotopic (exact) mass is 350 g/mol. The van der Waals surface area contributed by atoms with E-state index in [0.29, 0.717) is 28.3 Å². The largest absolute Gasteiger partial charge is 0.302 e. The van der Waals surface area contributed by atoms with Gasteiger partial charge in [-0.3, -0.25) is 14.5 Å². The van der Waals surface area contributed by atoms with Gasteiger partial charge in [0.25, 0.3) is 0 Å². The van der Waals surface area contributed by atoms with Crippen LogP contribution in [0.15, 0.2) is 11.6 Å². The first-order valence-corrected chi connectivity index (χ1v) is 9.23. The lowest BCUT2D eigenvalue weighted by molar-refractivity contribution is -0.117. The third-order valence-electron chi connectivity index (χ3n) is 3.52. The maximum atomic E-state index is 12.1. The summed E-state index contributed by atoms with van der Waals surface area (Å²) in [6, 6.07) is 0. The van der Waals surface area contributed by atoms with E-state index in [-0.39, 0.29) is 18.2 Å². The van der Waals surface area contributed by atoms with E-state index in [4.69, 9.17) is 0 Å². The fraction of sp³-hybridized carbons (Fsp3) is 0.467. The summed E-state index contributed by atoms with van der Waals surface area (Å²) in [4.78, 5) is 35.3. The Labute approximate surface area is 142 Å². The fourth-order valence-electron chi connectivity index (χ4n) is 2.29. The summed E-state index contributed by atoms with van der Waals surface area (Å²) in [5, 5.41) is 5.94. The van der Waals surface area contributed by atoms with E-state index in [1.807, 2.05) is 5.38 Å². The molecule has 1 aliphatic rings. The second-order valence-electron chi connectivity index (χ2n) is 5.72. The minimum absolute atomic E-state index is 0.111. The molecule has 0 radical (unpaired) electrons. The molecule has 0 atom stereocenters. The first-order valence-electron chi connectivity index (χ1n) is 7.53. The molecule has 0 saturated carbocycles. The number of carbonyl (C=O) groups is 2. The number of rotatable bonds is 5. The number of amides is 2. The molecule has 0 spiro atoms. The van der Waals surface area contributed by atoms with Crippen molar-refractivity contribution >= 4 is 44.8 Å². The van der Waals surface area contributed by atoms with Crippen LogP contribution in [0.25, 0.3) is 0 Å². The molecular weight excluding hydrogens is 332 g/mol. The van der Waals surface area contributed by atoms with Gasteiger partial charge in [0.2, 0.25) is 11.8 Å². The zero-order valence-corrected chi connectivity index (χ0v) is 14.7. The molecule has 2 aromatic rings. The van der Waals surface area contributed by atoms with Crippen LogP contribution in [0.3, 0.4) is 0 Å². The third kappa shape index (κ3) is 3.76. The van der Waals surface area contributed by atoms with Crippen molar-refractivity contribution in [3.63, 3.8) is 0 Å². The standard InChI is InChI=1S/C15H18N4O2S2/c1-9(2)11-7-16-14(23-11)18-12(20)6-10-8-22-15(17-10)19-5-3-4-13(19)21/h7-9H,3-6H2,1-2H3,(H,16,18,20). The van der Waals surface area contributed by atoms with Crippen LogP contribution < -0.4 is 10.2 Å². The molecular formula is C15H18N4O2S2. The fourth-order valence-corrected chi connectivity index (χ4v) is 3.99. The van der Waals surface area contributed by atoms with Gasteiger partial charge < -0.3 is 5.32 Å². The highest BCUT2D eigenvalue weighted by Gasteiger charge is 2.24. The molecule has 1 N–H and O–H groups in total. The van der Waals surface area contributed by atoms with Gasteiger partial charge in [0.15, 0.2) is 10.3 Å². The molecule has 3 rings (SSSR count). The first-order chi connectivity index (χ1) is 11.0. The van der Waals surface area contributed by atoms with E-state index < -0.39 is 0 Å². The summed E-state index contributed by atoms with van der Waals surface area (Å²) < 4.78 is 0. The molecule has 2 amide bonds. The lowest BCUT2D eigenvalue weighted by Gasteiger charge is -2.10. The molecule has 3 heterocycles. The van der Waals surface area contributed by atoms with Gasteiger partial charge in [-0.2, -0.15) is 0 Å². The average molecular weight is 350 g/mol. The molecule has 6 nitrogen and oxygen atoms in total. The minimum atomic E-state index is -0.140. The first kappa shape index (κ1) is 16.1. The Hall–Kier alpha value is -1.80. The number of nitrogens with zero attached hydrogens (tertiary/aromatic N) is 3. The second-order valence-corrected chi connectivity index (χ2v) is 7.62. The van der Waals surface area contributed by atoms with Crippen molar-refractivity contribution in [2.45, 2.75) is 39.0 Å². The van der Waals surface area contributed by atoms with Crippen LogP contribution in [0.5, 0.6) is 0 Å². The molecule has 1 saturated heterocycles. The number of anilines is 2. The van der Waals surface area contributed by atoms with Crippen LogP contribution >= 0.6 is 22.7 Å². The van der Waals surface area contributed by atoms with Gasteiger partial charge in [0, 0.05) is 29.4 Å². The van der Waals surface area contributed by atoms with E-state index >= 15 is 0 Å². The van der Waals surface area contributed by atoms with Crippen LogP contribution in [0.2, 0.25) is 0 Å². The summed E-state index contributed by atoms with van der Waals surface area (Å²) in [5.74, 6) is 0.371. The van der Waals surface area contributed by atoms with Gasteiger partial charge in [0.1, 0.15) is 0 Å². The van der Waals surface area contributed by atoms with Crippen molar-refractivity contribution in [3.8, 4) is 0 Å². The molecule has 122 valence electrons. The maximum absolute atomic E-state index is 12.1. The van der Waals surface area contributed by atoms with Crippen molar-refractivity contribution < 1.29 is 9.59 Å². The Kier molecular flexibility index (Phi) is 4.72. The van der Waals surface area contributed by atoms with E-state index in [1.165, 1.54) is 22.7 Å². The molecule has 1 fully saturated rings.